The Morgan fingerprint density at radius 2 is 2.22 bits per heavy atom. The van der Waals surface area contributed by atoms with Gasteiger partial charge in [0.25, 0.3) is 0 Å². The number of carbonyl (C=O) groups is 1. The van der Waals surface area contributed by atoms with Crippen molar-refractivity contribution in [1.82, 2.24) is 14.8 Å². The van der Waals surface area contributed by atoms with Crippen molar-refractivity contribution in [3.8, 4) is 0 Å². The Kier molecular flexibility index (Phi) is 5.37. The minimum absolute atomic E-state index is 0.332. The summed E-state index contributed by atoms with van der Waals surface area (Å²) in [6.45, 7) is 9.58. The molecule has 3 heterocycles. The van der Waals surface area contributed by atoms with E-state index in [1.165, 1.54) is 30.0 Å². The molecule has 0 aromatic carbocycles. The van der Waals surface area contributed by atoms with Gasteiger partial charge in [0, 0.05) is 42.9 Å². The number of aryl methyl sites for hydroxylation is 1. The van der Waals surface area contributed by atoms with Crippen LogP contribution in [-0.4, -0.2) is 46.9 Å². The normalized spacial score (nSPS) is 26.2. The molecule has 2 saturated heterocycles. The van der Waals surface area contributed by atoms with Crippen molar-refractivity contribution in [2.24, 2.45) is 5.41 Å². The van der Waals surface area contributed by atoms with E-state index in [4.69, 9.17) is 0 Å². The fraction of sp³-hybridized carbons (Fsp3) is 0.778. The van der Waals surface area contributed by atoms with Crippen LogP contribution in [0.25, 0.3) is 0 Å². The lowest BCUT2D eigenvalue weighted by molar-refractivity contribution is -0.139. The molecule has 128 valence electrons. The fourth-order valence-electron chi connectivity index (χ4n) is 4.11. The third-order valence-corrected chi connectivity index (χ3v) is 6.40. The minimum Gasteiger partial charge on any atom is -0.342 e. The van der Waals surface area contributed by atoms with E-state index in [2.05, 4.69) is 28.6 Å². The molecule has 2 aliphatic heterocycles. The molecule has 4 nitrogen and oxygen atoms in total. The summed E-state index contributed by atoms with van der Waals surface area (Å²) in [4.78, 5) is 22.7. The van der Waals surface area contributed by atoms with Crippen LogP contribution >= 0.6 is 11.3 Å². The predicted octanol–water partition coefficient (Wildman–Crippen LogP) is 3.46. The molecular formula is C18H29N3OS. The molecule has 0 aliphatic carbocycles. The molecule has 0 N–H and O–H groups in total. The van der Waals surface area contributed by atoms with E-state index in [9.17, 15) is 4.79 Å². The number of hydrogen-bond donors (Lipinski definition) is 0. The van der Waals surface area contributed by atoms with E-state index in [-0.39, 0.29) is 0 Å². The summed E-state index contributed by atoms with van der Waals surface area (Å²) < 4.78 is 0. The molecular weight excluding hydrogens is 306 g/mol. The average molecular weight is 336 g/mol. The topological polar surface area (TPSA) is 36.4 Å². The van der Waals surface area contributed by atoms with Gasteiger partial charge in [-0.3, -0.25) is 9.69 Å². The van der Waals surface area contributed by atoms with Gasteiger partial charge in [0.2, 0.25) is 5.91 Å². The average Bonchev–Trinajstić information content (AvgIpc) is 2.94. The van der Waals surface area contributed by atoms with Crippen LogP contribution in [0.4, 0.5) is 0 Å². The number of aromatic nitrogens is 1. The molecule has 0 bridgehead atoms. The predicted molar refractivity (Wildman–Crippen MR) is 94.5 cm³/mol. The second kappa shape index (κ2) is 7.31. The molecule has 1 aromatic rings. The fourth-order valence-corrected chi connectivity index (χ4v) is 4.93. The molecule has 23 heavy (non-hydrogen) atoms. The van der Waals surface area contributed by atoms with Crippen LogP contribution in [0.15, 0.2) is 5.51 Å². The molecule has 3 rings (SSSR count). The molecule has 2 aliphatic rings. The third kappa shape index (κ3) is 3.94. The zero-order valence-electron chi connectivity index (χ0n) is 14.5. The van der Waals surface area contributed by atoms with Crippen LogP contribution in [0.3, 0.4) is 0 Å². The minimum atomic E-state index is 0.332. The molecule has 0 radical (unpaired) electrons. The summed E-state index contributed by atoms with van der Waals surface area (Å²) in [5.74, 6) is 0.375. The van der Waals surface area contributed by atoms with Gasteiger partial charge >= 0.3 is 0 Å². The van der Waals surface area contributed by atoms with Crippen molar-refractivity contribution in [3.05, 3.63) is 16.1 Å². The van der Waals surface area contributed by atoms with Crippen molar-refractivity contribution in [2.75, 3.05) is 26.2 Å². The maximum Gasteiger partial charge on any atom is 0.222 e. The van der Waals surface area contributed by atoms with E-state index >= 15 is 0 Å². The summed E-state index contributed by atoms with van der Waals surface area (Å²) in [5, 5.41) is 0. The number of amides is 1. The molecule has 2 fully saturated rings. The molecule has 1 unspecified atom stereocenters. The van der Waals surface area contributed by atoms with Gasteiger partial charge in [-0.1, -0.05) is 13.3 Å². The van der Waals surface area contributed by atoms with Crippen LogP contribution in [0.2, 0.25) is 0 Å². The first-order chi connectivity index (χ1) is 11.1. The zero-order chi connectivity index (χ0) is 16.3. The van der Waals surface area contributed by atoms with Crippen molar-refractivity contribution < 1.29 is 4.79 Å². The molecule has 0 saturated carbocycles. The van der Waals surface area contributed by atoms with E-state index in [0.29, 0.717) is 11.3 Å². The third-order valence-electron chi connectivity index (χ3n) is 5.48. The van der Waals surface area contributed by atoms with Crippen molar-refractivity contribution in [2.45, 2.75) is 58.9 Å². The summed E-state index contributed by atoms with van der Waals surface area (Å²) >= 11 is 1.77. The number of nitrogens with zero attached hydrogens (tertiary/aromatic N) is 3. The van der Waals surface area contributed by atoms with Gasteiger partial charge in [0.1, 0.15) is 0 Å². The summed E-state index contributed by atoms with van der Waals surface area (Å²) in [6.07, 6.45) is 6.65. The maximum absolute atomic E-state index is 12.2. The van der Waals surface area contributed by atoms with Gasteiger partial charge in [0.05, 0.1) is 11.2 Å². The first kappa shape index (κ1) is 16.9. The van der Waals surface area contributed by atoms with Crippen LogP contribution in [0, 0.1) is 12.3 Å². The molecule has 1 amide bonds. The Morgan fingerprint density at radius 1 is 1.35 bits per heavy atom. The number of carbonyl (C=O) groups excluding carboxylic acids is 1. The molecule has 1 spiro atoms. The van der Waals surface area contributed by atoms with Gasteiger partial charge in [-0.15, -0.1) is 11.3 Å². The van der Waals surface area contributed by atoms with Crippen LogP contribution < -0.4 is 0 Å². The highest BCUT2D eigenvalue weighted by Gasteiger charge is 2.41. The Balaban J connectivity index is 1.64. The lowest BCUT2D eigenvalue weighted by atomic mass is 9.73. The maximum atomic E-state index is 12.2. The summed E-state index contributed by atoms with van der Waals surface area (Å²) in [7, 11) is 0. The van der Waals surface area contributed by atoms with Crippen molar-refractivity contribution in [1.29, 1.82) is 0 Å². The lowest BCUT2D eigenvalue weighted by Gasteiger charge is -2.48. The van der Waals surface area contributed by atoms with E-state index < -0.39 is 0 Å². The zero-order valence-corrected chi connectivity index (χ0v) is 15.3. The monoisotopic (exact) mass is 335 g/mol. The Morgan fingerprint density at radius 3 is 2.96 bits per heavy atom. The lowest BCUT2D eigenvalue weighted by Crippen LogP contribution is -2.53. The second-order valence-corrected chi connectivity index (χ2v) is 8.28. The van der Waals surface area contributed by atoms with Gasteiger partial charge in [-0.25, -0.2) is 4.98 Å². The number of piperidine rings is 2. The van der Waals surface area contributed by atoms with Gasteiger partial charge in [-0.2, -0.15) is 0 Å². The highest BCUT2D eigenvalue weighted by Crippen LogP contribution is 2.39. The smallest absolute Gasteiger partial charge is 0.222 e. The van der Waals surface area contributed by atoms with Crippen LogP contribution in [0.5, 0.6) is 0 Å². The Bertz CT molecular complexity index is 544. The number of rotatable bonds is 5. The highest BCUT2D eigenvalue weighted by molar-refractivity contribution is 7.09. The molecule has 1 atom stereocenters. The first-order valence-corrected chi connectivity index (χ1v) is 9.89. The number of hydrogen-bond acceptors (Lipinski definition) is 4. The SMILES string of the molecule is CCCCN1CC2(CCCN(Cc3scnc3C)C2)CCC1=O. The Labute approximate surface area is 143 Å². The van der Waals surface area contributed by atoms with Gasteiger partial charge in [-0.05, 0) is 39.2 Å². The molecule has 5 heteroatoms. The molecule has 1 aromatic heterocycles. The van der Waals surface area contributed by atoms with Crippen molar-refractivity contribution >= 4 is 17.2 Å². The van der Waals surface area contributed by atoms with E-state index in [0.717, 1.165) is 51.9 Å². The largest absolute Gasteiger partial charge is 0.342 e. The van der Waals surface area contributed by atoms with E-state index in [1.54, 1.807) is 11.3 Å². The summed E-state index contributed by atoms with van der Waals surface area (Å²) in [6, 6.07) is 0. The van der Waals surface area contributed by atoms with Gasteiger partial charge in [0.15, 0.2) is 0 Å². The standard InChI is InChI=1S/C18H29N3OS/c1-3-4-10-21-13-18(8-6-17(21)22)7-5-9-20(12-18)11-16-15(2)19-14-23-16/h14H,3-13H2,1-2H3. The summed E-state index contributed by atoms with van der Waals surface area (Å²) in [5.41, 5.74) is 3.47. The van der Waals surface area contributed by atoms with Gasteiger partial charge < -0.3 is 4.90 Å². The quantitative estimate of drug-likeness (QED) is 0.827. The second-order valence-electron chi connectivity index (χ2n) is 7.34. The van der Waals surface area contributed by atoms with Crippen molar-refractivity contribution in [3.63, 3.8) is 0 Å². The van der Waals surface area contributed by atoms with Crippen LogP contribution in [-0.2, 0) is 11.3 Å². The number of likely N-dealkylation sites (tertiary alicyclic amines) is 2. The number of unbranched alkanes of at least 4 members (excludes halogenated alkanes) is 1. The first-order valence-electron chi connectivity index (χ1n) is 9.01. The number of thiazole rings is 1. The van der Waals surface area contributed by atoms with E-state index in [1.807, 2.05) is 5.51 Å². The highest BCUT2D eigenvalue weighted by atomic mass is 32.1. The Hall–Kier alpha value is -0.940. The van der Waals surface area contributed by atoms with Crippen LogP contribution in [0.1, 0.15) is 56.0 Å².